The van der Waals surface area contributed by atoms with E-state index in [9.17, 15) is 0 Å². The van der Waals surface area contributed by atoms with Gasteiger partial charge in [-0.25, -0.2) is 0 Å². The molecule has 0 saturated carbocycles. The van der Waals surface area contributed by atoms with Gasteiger partial charge in [-0.1, -0.05) is 24.3 Å². The van der Waals surface area contributed by atoms with Gasteiger partial charge in [0.1, 0.15) is 0 Å². The fraction of sp³-hybridized carbons (Fsp3) is 0.500. The zero-order valence-electron chi connectivity index (χ0n) is 8.79. The van der Waals surface area contributed by atoms with Crippen molar-refractivity contribution < 1.29 is 4.74 Å². The third-order valence-corrected chi connectivity index (χ3v) is 2.73. The Morgan fingerprint density at radius 1 is 1.29 bits per heavy atom. The molecule has 1 aromatic rings. The van der Waals surface area contributed by atoms with Gasteiger partial charge in [0.05, 0.1) is 13.2 Å². The maximum atomic E-state index is 6.13. The number of nitrogens with two attached hydrogens (primary N) is 1. The summed E-state index contributed by atoms with van der Waals surface area (Å²) in [6, 6.07) is 8.40. The second-order valence-corrected chi connectivity index (χ2v) is 4.54. The number of benzene rings is 1. The van der Waals surface area contributed by atoms with Crippen molar-refractivity contribution in [2.24, 2.45) is 5.73 Å². The Morgan fingerprint density at radius 2 is 1.93 bits per heavy atom. The summed E-state index contributed by atoms with van der Waals surface area (Å²) >= 11 is 0. The summed E-state index contributed by atoms with van der Waals surface area (Å²) in [7, 11) is 0. The van der Waals surface area contributed by atoms with Crippen LogP contribution in [-0.2, 0) is 10.3 Å². The monoisotopic (exact) mass is 191 g/mol. The van der Waals surface area contributed by atoms with Crippen LogP contribution in [0.25, 0.3) is 0 Å². The summed E-state index contributed by atoms with van der Waals surface area (Å²) in [5.41, 5.74) is 8.47. The highest BCUT2D eigenvalue weighted by Gasteiger charge is 2.27. The minimum absolute atomic E-state index is 0.258. The van der Waals surface area contributed by atoms with E-state index in [4.69, 9.17) is 10.5 Å². The first-order valence-corrected chi connectivity index (χ1v) is 5.05. The smallest absolute Gasteiger partial charge is 0.0557 e. The first-order valence-electron chi connectivity index (χ1n) is 5.05. The Labute approximate surface area is 85.1 Å². The van der Waals surface area contributed by atoms with Crippen LogP contribution in [0.3, 0.4) is 0 Å². The maximum absolute atomic E-state index is 6.13. The number of hydrogen-bond acceptors (Lipinski definition) is 2. The Kier molecular flexibility index (Phi) is 2.33. The molecular formula is C12H17NO. The molecule has 0 bridgehead atoms. The van der Waals surface area contributed by atoms with Crippen molar-refractivity contribution >= 4 is 0 Å². The predicted molar refractivity (Wildman–Crippen MR) is 57.2 cm³/mol. The van der Waals surface area contributed by atoms with Gasteiger partial charge < -0.3 is 10.5 Å². The Hall–Kier alpha value is -0.860. The molecule has 0 amide bonds. The topological polar surface area (TPSA) is 35.2 Å². The molecule has 1 aliphatic rings. The molecule has 1 aromatic carbocycles. The molecule has 14 heavy (non-hydrogen) atoms. The van der Waals surface area contributed by atoms with Crippen LogP contribution in [0.4, 0.5) is 0 Å². The third-order valence-electron chi connectivity index (χ3n) is 2.73. The van der Waals surface area contributed by atoms with Gasteiger partial charge in [-0.3, -0.25) is 0 Å². The fourth-order valence-corrected chi connectivity index (χ4v) is 1.86. The lowest BCUT2D eigenvalue weighted by Gasteiger charge is -2.32. The normalized spacial score (nSPS) is 17.9. The van der Waals surface area contributed by atoms with Crippen LogP contribution in [0.15, 0.2) is 24.3 Å². The van der Waals surface area contributed by atoms with Crippen molar-refractivity contribution in [3.05, 3.63) is 35.4 Å². The van der Waals surface area contributed by atoms with Gasteiger partial charge >= 0.3 is 0 Å². The molecule has 0 atom stereocenters. The molecule has 0 spiro atoms. The van der Waals surface area contributed by atoms with E-state index in [1.54, 1.807) is 0 Å². The zero-order valence-corrected chi connectivity index (χ0v) is 8.79. The lowest BCUT2D eigenvalue weighted by molar-refractivity contribution is 0.00775. The van der Waals surface area contributed by atoms with E-state index in [-0.39, 0.29) is 5.54 Å². The van der Waals surface area contributed by atoms with Crippen LogP contribution >= 0.6 is 0 Å². The summed E-state index contributed by atoms with van der Waals surface area (Å²) in [4.78, 5) is 0. The standard InChI is InChI=1S/C12H17NO/c1-12(2,13)11-6-4-3-5-10(11)9-7-14-8-9/h3-6,9H,7-8,13H2,1-2H3. The molecule has 0 aromatic heterocycles. The van der Waals surface area contributed by atoms with Crippen LogP contribution < -0.4 is 5.73 Å². The van der Waals surface area contributed by atoms with Crippen LogP contribution in [0.1, 0.15) is 30.9 Å². The summed E-state index contributed by atoms with van der Waals surface area (Å²) < 4.78 is 5.22. The van der Waals surface area contributed by atoms with Crippen LogP contribution in [0, 0.1) is 0 Å². The highest BCUT2D eigenvalue weighted by Crippen LogP contribution is 2.31. The molecule has 0 radical (unpaired) electrons. The molecule has 2 nitrogen and oxygen atoms in total. The Bertz CT molecular complexity index is 323. The quantitative estimate of drug-likeness (QED) is 0.776. The average molecular weight is 191 g/mol. The van der Waals surface area contributed by atoms with Gasteiger partial charge in [-0.2, -0.15) is 0 Å². The van der Waals surface area contributed by atoms with E-state index in [0.717, 1.165) is 13.2 Å². The molecule has 2 rings (SSSR count). The summed E-state index contributed by atoms with van der Waals surface area (Å²) in [5, 5.41) is 0. The van der Waals surface area contributed by atoms with Crippen molar-refractivity contribution in [1.29, 1.82) is 0 Å². The van der Waals surface area contributed by atoms with Crippen molar-refractivity contribution in [3.8, 4) is 0 Å². The minimum atomic E-state index is -0.258. The first-order chi connectivity index (χ1) is 6.59. The van der Waals surface area contributed by atoms with Gasteiger partial charge in [0, 0.05) is 11.5 Å². The van der Waals surface area contributed by atoms with Crippen LogP contribution in [0.5, 0.6) is 0 Å². The molecule has 2 N–H and O–H groups in total. The first kappa shape index (κ1) is 9.69. The van der Waals surface area contributed by atoms with Crippen LogP contribution in [0.2, 0.25) is 0 Å². The van der Waals surface area contributed by atoms with Gasteiger partial charge in [0.2, 0.25) is 0 Å². The van der Waals surface area contributed by atoms with Gasteiger partial charge in [-0.05, 0) is 25.0 Å². The molecule has 0 unspecified atom stereocenters. The van der Waals surface area contributed by atoms with Crippen LogP contribution in [-0.4, -0.2) is 13.2 Å². The van der Waals surface area contributed by atoms with E-state index in [0.29, 0.717) is 5.92 Å². The molecule has 1 saturated heterocycles. The van der Waals surface area contributed by atoms with Crippen molar-refractivity contribution in [1.82, 2.24) is 0 Å². The molecule has 2 heteroatoms. The highest BCUT2D eigenvalue weighted by atomic mass is 16.5. The van der Waals surface area contributed by atoms with Crippen molar-refractivity contribution in [2.75, 3.05) is 13.2 Å². The second-order valence-electron chi connectivity index (χ2n) is 4.54. The van der Waals surface area contributed by atoms with Gasteiger partial charge in [0.15, 0.2) is 0 Å². The molecule has 1 heterocycles. The van der Waals surface area contributed by atoms with E-state index in [2.05, 4.69) is 18.2 Å². The van der Waals surface area contributed by atoms with E-state index >= 15 is 0 Å². The van der Waals surface area contributed by atoms with Gasteiger partial charge in [-0.15, -0.1) is 0 Å². The molecule has 1 fully saturated rings. The predicted octanol–water partition coefficient (Wildman–Crippen LogP) is 1.99. The Balaban J connectivity index is 2.38. The molecule has 76 valence electrons. The second kappa shape index (κ2) is 3.37. The summed E-state index contributed by atoms with van der Waals surface area (Å²) in [6.07, 6.45) is 0. The number of ether oxygens (including phenoxy) is 1. The fourth-order valence-electron chi connectivity index (χ4n) is 1.86. The van der Waals surface area contributed by atoms with E-state index < -0.39 is 0 Å². The molecule has 1 aliphatic heterocycles. The lowest BCUT2D eigenvalue weighted by Crippen LogP contribution is -2.34. The SMILES string of the molecule is CC(C)(N)c1ccccc1C1COC1. The van der Waals surface area contributed by atoms with E-state index in [1.807, 2.05) is 19.9 Å². The summed E-state index contributed by atoms with van der Waals surface area (Å²) in [6.45, 7) is 5.77. The Morgan fingerprint density at radius 3 is 2.43 bits per heavy atom. The third kappa shape index (κ3) is 1.68. The number of rotatable bonds is 2. The van der Waals surface area contributed by atoms with Crippen molar-refractivity contribution in [2.45, 2.75) is 25.3 Å². The van der Waals surface area contributed by atoms with Gasteiger partial charge in [0.25, 0.3) is 0 Å². The average Bonchev–Trinajstić information content (AvgIpc) is 2.00. The van der Waals surface area contributed by atoms with Crippen molar-refractivity contribution in [3.63, 3.8) is 0 Å². The maximum Gasteiger partial charge on any atom is 0.0557 e. The summed E-state index contributed by atoms with van der Waals surface area (Å²) in [5.74, 6) is 0.550. The zero-order chi connectivity index (χ0) is 10.2. The highest BCUT2D eigenvalue weighted by molar-refractivity contribution is 5.36. The number of hydrogen-bond donors (Lipinski definition) is 1. The molecular weight excluding hydrogens is 174 g/mol. The largest absolute Gasteiger partial charge is 0.380 e. The lowest BCUT2D eigenvalue weighted by atomic mass is 9.84. The van der Waals surface area contributed by atoms with E-state index in [1.165, 1.54) is 11.1 Å². The minimum Gasteiger partial charge on any atom is -0.380 e. The molecule has 0 aliphatic carbocycles.